The second-order valence-corrected chi connectivity index (χ2v) is 3.87. The number of carbonyl (C=O) groups is 1. The molecule has 0 spiro atoms. The van der Waals surface area contributed by atoms with Crippen molar-refractivity contribution in [1.82, 2.24) is 15.1 Å². The minimum absolute atomic E-state index is 0.0154. The van der Waals surface area contributed by atoms with Crippen molar-refractivity contribution in [2.75, 3.05) is 13.1 Å². The van der Waals surface area contributed by atoms with E-state index in [0.717, 1.165) is 6.42 Å². The van der Waals surface area contributed by atoms with E-state index in [4.69, 9.17) is 5.73 Å². The van der Waals surface area contributed by atoms with Crippen molar-refractivity contribution in [3.05, 3.63) is 24.0 Å². The zero-order valence-electron chi connectivity index (χ0n) is 9.76. The summed E-state index contributed by atoms with van der Waals surface area (Å²) < 4.78 is 0. The van der Waals surface area contributed by atoms with E-state index in [1.807, 2.05) is 13.8 Å². The summed E-state index contributed by atoms with van der Waals surface area (Å²) in [5.74, 6) is -0.0154. The lowest BCUT2D eigenvalue weighted by atomic mass is 10.2. The monoisotopic (exact) mass is 222 g/mol. The summed E-state index contributed by atoms with van der Waals surface area (Å²) in [4.78, 5) is 13.9. The van der Waals surface area contributed by atoms with Gasteiger partial charge >= 0.3 is 0 Å². The molecule has 0 fully saturated rings. The minimum Gasteiger partial charge on any atom is -0.336 e. The largest absolute Gasteiger partial charge is 0.336 e. The Bertz CT molecular complexity index is 326. The first-order chi connectivity index (χ1) is 7.66. The molecular weight excluding hydrogens is 204 g/mol. The summed E-state index contributed by atoms with van der Waals surface area (Å²) in [5, 5.41) is 7.36. The zero-order valence-corrected chi connectivity index (χ0v) is 9.76. The average molecular weight is 222 g/mol. The highest BCUT2D eigenvalue weighted by Gasteiger charge is 2.18. The molecule has 88 valence electrons. The first kappa shape index (κ1) is 12.6. The molecule has 1 heterocycles. The number of carbonyl (C=O) groups excluding carboxylic acids is 1. The van der Waals surface area contributed by atoms with Crippen LogP contribution in [0.2, 0.25) is 0 Å². The molecule has 0 radical (unpaired) electrons. The summed E-state index contributed by atoms with van der Waals surface area (Å²) in [6.07, 6.45) is 3.82. The van der Waals surface area contributed by atoms with Crippen LogP contribution in [0.25, 0.3) is 0 Å². The fourth-order valence-electron chi connectivity index (χ4n) is 1.44. The van der Waals surface area contributed by atoms with Crippen LogP contribution in [0.4, 0.5) is 0 Å². The van der Waals surface area contributed by atoms with Gasteiger partial charge in [-0.2, -0.15) is 10.2 Å². The zero-order chi connectivity index (χ0) is 12.0. The average Bonchev–Trinajstić information content (AvgIpc) is 2.30. The molecule has 2 N–H and O–H groups in total. The molecule has 0 atom stereocenters. The quantitative estimate of drug-likeness (QED) is 0.795. The third kappa shape index (κ3) is 3.27. The summed E-state index contributed by atoms with van der Waals surface area (Å²) in [7, 11) is 0. The van der Waals surface area contributed by atoms with Gasteiger partial charge in [-0.15, -0.1) is 0 Å². The van der Waals surface area contributed by atoms with Gasteiger partial charge in [0, 0.05) is 12.6 Å². The fraction of sp³-hybridized carbons (Fsp3) is 0.545. The van der Waals surface area contributed by atoms with Crippen molar-refractivity contribution in [3.63, 3.8) is 0 Å². The van der Waals surface area contributed by atoms with Crippen molar-refractivity contribution < 1.29 is 4.79 Å². The van der Waals surface area contributed by atoms with Crippen LogP contribution in [0.3, 0.4) is 0 Å². The molecule has 0 aliphatic rings. The number of amides is 1. The summed E-state index contributed by atoms with van der Waals surface area (Å²) in [6, 6.07) is 1.83. The Kier molecular flexibility index (Phi) is 4.85. The predicted molar refractivity (Wildman–Crippen MR) is 61.9 cm³/mol. The Morgan fingerprint density at radius 1 is 1.50 bits per heavy atom. The van der Waals surface area contributed by atoms with Gasteiger partial charge in [0.05, 0.1) is 18.0 Å². The maximum Gasteiger partial charge on any atom is 0.255 e. The fourth-order valence-corrected chi connectivity index (χ4v) is 1.44. The Morgan fingerprint density at radius 2 is 2.25 bits per heavy atom. The highest BCUT2D eigenvalue weighted by atomic mass is 16.2. The van der Waals surface area contributed by atoms with E-state index in [1.54, 1.807) is 11.0 Å². The van der Waals surface area contributed by atoms with Crippen LogP contribution in [0, 0.1) is 0 Å². The van der Waals surface area contributed by atoms with Crippen molar-refractivity contribution in [2.24, 2.45) is 5.73 Å². The Morgan fingerprint density at radius 3 is 2.75 bits per heavy atom. The van der Waals surface area contributed by atoms with E-state index in [1.165, 1.54) is 12.4 Å². The van der Waals surface area contributed by atoms with Gasteiger partial charge in [-0.1, -0.05) is 0 Å². The lowest BCUT2D eigenvalue weighted by Gasteiger charge is -2.26. The third-order valence-electron chi connectivity index (χ3n) is 2.32. The lowest BCUT2D eigenvalue weighted by molar-refractivity contribution is 0.0704. The number of nitrogens with two attached hydrogens (primary N) is 1. The SMILES string of the molecule is CC(C)N(CCCN)C(=O)c1ccnnc1. The van der Waals surface area contributed by atoms with E-state index >= 15 is 0 Å². The number of aromatic nitrogens is 2. The Hall–Kier alpha value is -1.49. The number of hydrogen-bond acceptors (Lipinski definition) is 4. The molecule has 5 nitrogen and oxygen atoms in total. The molecule has 0 saturated heterocycles. The van der Waals surface area contributed by atoms with Crippen molar-refractivity contribution in [2.45, 2.75) is 26.3 Å². The van der Waals surface area contributed by atoms with Crippen LogP contribution in [-0.4, -0.2) is 40.1 Å². The first-order valence-electron chi connectivity index (χ1n) is 5.44. The summed E-state index contributed by atoms with van der Waals surface area (Å²) >= 11 is 0. The van der Waals surface area contributed by atoms with Gasteiger partial charge in [-0.3, -0.25) is 4.79 Å². The highest BCUT2D eigenvalue weighted by molar-refractivity contribution is 5.93. The first-order valence-corrected chi connectivity index (χ1v) is 5.44. The van der Waals surface area contributed by atoms with Crippen LogP contribution in [0.15, 0.2) is 18.5 Å². The minimum atomic E-state index is -0.0154. The van der Waals surface area contributed by atoms with Crippen molar-refractivity contribution in [3.8, 4) is 0 Å². The van der Waals surface area contributed by atoms with Gasteiger partial charge in [-0.25, -0.2) is 0 Å². The molecule has 1 aromatic rings. The molecule has 1 aromatic heterocycles. The number of nitrogens with zero attached hydrogens (tertiary/aromatic N) is 3. The Labute approximate surface area is 95.7 Å². The molecular formula is C11H18N4O. The standard InChI is InChI=1S/C11H18N4O/c1-9(2)15(7-3-5-12)11(16)10-4-6-13-14-8-10/h4,6,8-9H,3,5,7,12H2,1-2H3. The molecule has 16 heavy (non-hydrogen) atoms. The van der Waals surface area contributed by atoms with E-state index in [2.05, 4.69) is 10.2 Å². The van der Waals surface area contributed by atoms with E-state index in [-0.39, 0.29) is 11.9 Å². The second-order valence-electron chi connectivity index (χ2n) is 3.87. The van der Waals surface area contributed by atoms with E-state index in [9.17, 15) is 4.79 Å². The maximum absolute atomic E-state index is 12.1. The predicted octanol–water partition coefficient (Wildman–Crippen LogP) is 0.676. The molecule has 0 saturated carbocycles. The highest BCUT2D eigenvalue weighted by Crippen LogP contribution is 2.07. The van der Waals surface area contributed by atoms with Gasteiger partial charge < -0.3 is 10.6 Å². The maximum atomic E-state index is 12.1. The lowest BCUT2D eigenvalue weighted by Crippen LogP contribution is -2.38. The normalized spacial score (nSPS) is 10.5. The topological polar surface area (TPSA) is 72.1 Å². The van der Waals surface area contributed by atoms with Crippen LogP contribution in [0.5, 0.6) is 0 Å². The molecule has 0 aromatic carbocycles. The van der Waals surface area contributed by atoms with Crippen LogP contribution in [0.1, 0.15) is 30.6 Å². The number of rotatable bonds is 5. The molecule has 0 unspecified atom stereocenters. The van der Waals surface area contributed by atoms with Crippen LogP contribution in [-0.2, 0) is 0 Å². The third-order valence-corrected chi connectivity index (χ3v) is 2.32. The van der Waals surface area contributed by atoms with Crippen molar-refractivity contribution in [1.29, 1.82) is 0 Å². The molecule has 0 bridgehead atoms. The van der Waals surface area contributed by atoms with Crippen molar-refractivity contribution >= 4 is 5.91 Å². The molecule has 0 aliphatic heterocycles. The van der Waals surface area contributed by atoms with Gasteiger partial charge in [-0.05, 0) is 32.9 Å². The summed E-state index contributed by atoms with van der Waals surface area (Å²) in [6.45, 7) is 5.24. The van der Waals surface area contributed by atoms with Gasteiger partial charge in [0.2, 0.25) is 0 Å². The van der Waals surface area contributed by atoms with Crippen LogP contribution >= 0.6 is 0 Å². The van der Waals surface area contributed by atoms with Gasteiger partial charge in [0.25, 0.3) is 5.91 Å². The number of hydrogen-bond donors (Lipinski definition) is 1. The van der Waals surface area contributed by atoms with E-state index in [0.29, 0.717) is 18.7 Å². The molecule has 0 aliphatic carbocycles. The second kappa shape index (κ2) is 6.17. The Balaban J connectivity index is 2.75. The summed E-state index contributed by atoms with van der Waals surface area (Å²) in [5.41, 5.74) is 6.03. The molecule has 5 heteroatoms. The molecule has 1 amide bonds. The van der Waals surface area contributed by atoms with Crippen LogP contribution < -0.4 is 5.73 Å². The smallest absolute Gasteiger partial charge is 0.255 e. The molecule has 1 rings (SSSR count). The van der Waals surface area contributed by atoms with E-state index < -0.39 is 0 Å². The van der Waals surface area contributed by atoms with Gasteiger partial charge in [0.15, 0.2) is 0 Å². The van der Waals surface area contributed by atoms with Gasteiger partial charge in [0.1, 0.15) is 0 Å².